The summed E-state index contributed by atoms with van der Waals surface area (Å²) < 4.78 is 28.0. The van der Waals surface area contributed by atoms with Gasteiger partial charge in [-0.25, -0.2) is 13.4 Å². The van der Waals surface area contributed by atoms with Crippen molar-refractivity contribution in [2.45, 2.75) is 19.9 Å². The molecule has 0 aliphatic carbocycles. The molecule has 1 saturated heterocycles. The molecule has 0 radical (unpaired) electrons. The molecule has 0 saturated carbocycles. The summed E-state index contributed by atoms with van der Waals surface area (Å²) in [6, 6.07) is 3.70. The van der Waals surface area contributed by atoms with E-state index in [4.69, 9.17) is 4.42 Å². The van der Waals surface area contributed by atoms with Crippen LogP contribution >= 0.6 is 0 Å². The van der Waals surface area contributed by atoms with Crippen molar-refractivity contribution >= 4 is 15.8 Å². The van der Waals surface area contributed by atoms with E-state index in [1.54, 1.807) is 6.26 Å². The lowest BCUT2D eigenvalue weighted by Crippen LogP contribution is -2.40. The summed E-state index contributed by atoms with van der Waals surface area (Å²) in [6.45, 7) is 3.84. The molecule has 1 aromatic rings. The number of guanidine groups is 1. The Morgan fingerprint density at radius 1 is 1.50 bits per heavy atom. The molecular weight excluding hydrogens is 278 g/mol. The summed E-state index contributed by atoms with van der Waals surface area (Å²) in [5.74, 6) is 2.24. The van der Waals surface area contributed by atoms with E-state index < -0.39 is 9.84 Å². The first-order valence-corrected chi connectivity index (χ1v) is 8.66. The van der Waals surface area contributed by atoms with Crippen LogP contribution in [0.25, 0.3) is 0 Å². The minimum Gasteiger partial charge on any atom is -0.467 e. The van der Waals surface area contributed by atoms with Gasteiger partial charge in [0.05, 0.1) is 17.8 Å². The van der Waals surface area contributed by atoms with Gasteiger partial charge in [0.2, 0.25) is 0 Å². The molecule has 1 unspecified atom stereocenters. The highest BCUT2D eigenvalue weighted by Gasteiger charge is 2.27. The summed E-state index contributed by atoms with van der Waals surface area (Å²) in [4.78, 5) is 4.40. The number of sulfone groups is 1. The van der Waals surface area contributed by atoms with Gasteiger partial charge in [-0.2, -0.15) is 0 Å². The third-order valence-corrected chi connectivity index (χ3v) is 5.04. The van der Waals surface area contributed by atoms with Crippen LogP contribution in [0.15, 0.2) is 27.8 Å². The lowest BCUT2D eigenvalue weighted by molar-refractivity contribution is 0.511. The molecule has 1 aliphatic heterocycles. The summed E-state index contributed by atoms with van der Waals surface area (Å²) in [6.07, 6.45) is 2.35. The summed E-state index contributed by atoms with van der Waals surface area (Å²) in [5.41, 5.74) is 0. The zero-order valence-electron chi connectivity index (χ0n) is 11.6. The molecule has 112 valence electrons. The van der Waals surface area contributed by atoms with Gasteiger partial charge in [-0.05, 0) is 31.4 Å². The number of hydrogen-bond donors (Lipinski definition) is 2. The van der Waals surface area contributed by atoms with Gasteiger partial charge in [0, 0.05) is 13.1 Å². The fourth-order valence-electron chi connectivity index (χ4n) is 2.18. The van der Waals surface area contributed by atoms with E-state index in [1.165, 1.54) is 0 Å². The third kappa shape index (κ3) is 4.56. The Labute approximate surface area is 119 Å². The highest BCUT2D eigenvalue weighted by molar-refractivity contribution is 7.91. The number of furan rings is 1. The first-order valence-electron chi connectivity index (χ1n) is 6.84. The van der Waals surface area contributed by atoms with Crippen LogP contribution < -0.4 is 10.6 Å². The van der Waals surface area contributed by atoms with Gasteiger partial charge in [0.25, 0.3) is 0 Å². The maximum atomic E-state index is 11.4. The van der Waals surface area contributed by atoms with E-state index in [1.807, 2.05) is 19.1 Å². The molecule has 0 spiro atoms. The molecule has 20 heavy (non-hydrogen) atoms. The molecule has 7 heteroatoms. The second-order valence-corrected chi connectivity index (χ2v) is 7.15. The van der Waals surface area contributed by atoms with E-state index in [-0.39, 0.29) is 11.7 Å². The highest BCUT2D eigenvalue weighted by Crippen LogP contribution is 2.17. The minimum absolute atomic E-state index is 0.174. The quantitative estimate of drug-likeness (QED) is 0.620. The average molecular weight is 299 g/mol. The molecule has 1 aromatic heterocycles. The fraction of sp³-hybridized carbons (Fsp3) is 0.615. The van der Waals surface area contributed by atoms with Gasteiger partial charge in [0.15, 0.2) is 15.8 Å². The predicted molar refractivity (Wildman–Crippen MR) is 78.3 cm³/mol. The standard InChI is InChI=1S/C13H21N3O3S/c1-2-14-13(16-9-12-4-3-6-19-12)15-8-11-5-7-20(17,18)10-11/h3-4,6,11H,2,5,7-10H2,1H3,(H2,14,15,16). The number of nitrogens with zero attached hydrogens (tertiary/aromatic N) is 1. The van der Waals surface area contributed by atoms with Gasteiger partial charge in [-0.3, -0.25) is 0 Å². The molecule has 2 N–H and O–H groups in total. The van der Waals surface area contributed by atoms with E-state index in [0.29, 0.717) is 24.8 Å². The summed E-state index contributed by atoms with van der Waals surface area (Å²) >= 11 is 0. The first kappa shape index (κ1) is 14.9. The Balaban J connectivity index is 1.84. The predicted octanol–water partition coefficient (Wildman–Crippen LogP) is 0.769. The van der Waals surface area contributed by atoms with Crippen LogP contribution in [0, 0.1) is 5.92 Å². The maximum Gasteiger partial charge on any atom is 0.191 e. The number of rotatable bonds is 5. The topological polar surface area (TPSA) is 83.7 Å². The van der Waals surface area contributed by atoms with Gasteiger partial charge < -0.3 is 15.1 Å². The zero-order valence-corrected chi connectivity index (χ0v) is 12.4. The number of nitrogens with one attached hydrogen (secondary N) is 2. The Kier molecular flexibility index (Phi) is 5.05. The second kappa shape index (κ2) is 6.78. The van der Waals surface area contributed by atoms with Crippen molar-refractivity contribution in [1.82, 2.24) is 10.6 Å². The SMILES string of the molecule is CCNC(=NCc1ccco1)NCC1CCS(=O)(=O)C1. The van der Waals surface area contributed by atoms with Crippen molar-refractivity contribution in [2.24, 2.45) is 10.9 Å². The van der Waals surface area contributed by atoms with Crippen LogP contribution in [0.4, 0.5) is 0 Å². The van der Waals surface area contributed by atoms with Crippen LogP contribution in [0.3, 0.4) is 0 Å². The van der Waals surface area contributed by atoms with Gasteiger partial charge >= 0.3 is 0 Å². The first-order chi connectivity index (χ1) is 9.59. The van der Waals surface area contributed by atoms with Crippen LogP contribution in [0.5, 0.6) is 0 Å². The zero-order chi connectivity index (χ0) is 14.4. The monoisotopic (exact) mass is 299 g/mol. The molecule has 0 aromatic carbocycles. The lowest BCUT2D eigenvalue weighted by Gasteiger charge is -2.13. The largest absolute Gasteiger partial charge is 0.467 e. The highest BCUT2D eigenvalue weighted by atomic mass is 32.2. The molecule has 1 atom stereocenters. The van der Waals surface area contributed by atoms with Gasteiger partial charge in [0.1, 0.15) is 12.3 Å². The third-order valence-electron chi connectivity index (χ3n) is 3.20. The Morgan fingerprint density at radius 3 is 2.95 bits per heavy atom. The fourth-order valence-corrected chi connectivity index (χ4v) is 4.04. The molecule has 0 bridgehead atoms. The number of hydrogen-bond acceptors (Lipinski definition) is 4. The van der Waals surface area contributed by atoms with Gasteiger partial charge in [-0.1, -0.05) is 0 Å². The van der Waals surface area contributed by atoms with E-state index in [2.05, 4.69) is 15.6 Å². The smallest absolute Gasteiger partial charge is 0.191 e. The van der Waals surface area contributed by atoms with Crippen LogP contribution in [-0.4, -0.2) is 39.0 Å². The van der Waals surface area contributed by atoms with Crippen molar-refractivity contribution in [3.8, 4) is 0 Å². The van der Waals surface area contributed by atoms with Crippen molar-refractivity contribution in [2.75, 3.05) is 24.6 Å². The Bertz CT molecular complexity index is 537. The van der Waals surface area contributed by atoms with E-state index in [9.17, 15) is 8.42 Å². The molecular formula is C13H21N3O3S. The van der Waals surface area contributed by atoms with Crippen molar-refractivity contribution < 1.29 is 12.8 Å². The van der Waals surface area contributed by atoms with Crippen LogP contribution in [0.2, 0.25) is 0 Å². The van der Waals surface area contributed by atoms with Crippen molar-refractivity contribution in [1.29, 1.82) is 0 Å². The number of aliphatic imine (C=N–C) groups is 1. The van der Waals surface area contributed by atoms with Gasteiger partial charge in [-0.15, -0.1) is 0 Å². The van der Waals surface area contributed by atoms with E-state index in [0.717, 1.165) is 18.7 Å². The molecule has 1 aliphatic rings. The maximum absolute atomic E-state index is 11.4. The summed E-state index contributed by atoms with van der Waals surface area (Å²) in [5, 5.41) is 6.33. The molecule has 2 rings (SSSR count). The molecule has 6 nitrogen and oxygen atoms in total. The van der Waals surface area contributed by atoms with Crippen LogP contribution in [-0.2, 0) is 16.4 Å². The average Bonchev–Trinajstić information content (AvgIpc) is 3.02. The minimum atomic E-state index is -2.82. The Morgan fingerprint density at radius 2 is 2.35 bits per heavy atom. The second-order valence-electron chi connectivity index (χ2n) is 4.92. The lowest BCUT2D eigenvalue weighted by atomic mass is 10.1. The summed E-state index contributed by atoms with van der Waals surface area (Å²) in [7, 11) is -2.82. The van der Waals surface area contributed by atoms with Crippen LogP contribution in [0.1, 0.15) is 19.1 Å². The Hall–Kier alpha value is -1.50. The molecule has 0 amide bonds. The van der Waals surface area contributed by atoms with E-state index >= 15 is 0 Å². The molecule has 1 fully saturated rings. The van der Waals surface area contributed by atoms with Crippen molar-refractivity contribution in [3.05, 3.63) is 24.2 Å². The van der Waals surface area contributed by atoms with Crippen molar-refractivity contribution in [3.63, 3.8) is 0 Å². The molecule has 2 heterocycles. The normalized spacial score (nSPS) is 21.9.